The molecule has 208 valence electrons. The Bertz CT molecular complexity index is 1710. The summed E-state index contributed by atoms with van der Waals surface area (Å²) in [6, 6.07) is 39.2. The number of nitrogens with one attached hydrogen (secondary N) is 1. The maximum absolute atomic E-state index is 13.3. The first-order valence-electron chi connectivity index (χ1n) is 13.9. The Hall–Kier alpha value is -5.54. The molecule has 0 aliphatic heterocycles. The number of nitrogens with zero attached hydrogens (tertiary/aromatic N) is 2. The van der Waals surface area contributed by atoms with Crippen LogP contribution in [-0.4, -0.2) is 23.7 Å². The zero-order chi connectivity index (χ0) is 29.3. The number of amides is 1. The van der Waals surface area contributed by atoms with Gasteiger partial charge in [0.1, 0.15) is 23.1 Å². The fraction of sp³-hybridized carbons (Fsp3) is 0.111. The number of carbonyl (C=O) groups is 1. The van der Waals surface area contributed by atoms with Crippen LogP contribution in [0.3, 0.4) is 0 Å². The van der Waals surface area contributed by atoms with Crippen LogP contribution in [0.1, 0.15) is 19.4 Å². The first-order chi connectivity index (χ1) is 20.6. The third-order valence-corrected chi connectivity index (χ3v) is 6.64. The number of nitriles is 1. The minimum atomic E-state index is -0.490. The zero-order valence-corrected chi connectivity index (χ0v) is 23.6. The lowest BCUT2D eigenvalue weighted by atomic mass is 10.0. The molecule has 1 amide bonds. The molecular weight excluding hydrogens is 522 g/mol. The number of anilines is 1. The highest BCUT2D eigenvalue weighted by Crippen LogP contribution is 2.37. The first-order valence-corrected chi connectivity index (χ1v) is 13.9. The van der Waals surface area contributed by atoms with E-state index in [4.69, 9.17) is 9.47 Å². The largest absolute Gasteiger partial charge is 0.494 e. The van der Waals surface area contributed by atoms with Gasteiger partial charge in [-0.3, -0.25) is 4.79 Å². The van der Waals surface area contributed by atoms with E-state index in [1.807, 2.05) is 105 Å². The molecule has 6 heteroatoms. The van der Waals surface area contributed by atoms with Crippen LogP contribution in [0.5, 0.6) is 11.5 Å². The van der Waals surface area contributed by atoms with Crippen molar-refractivity contribution in [1.82, 2.24) is 4.57 Å². The van der Waals surface area contributed by atoms with E-state index in [1.165, 1.54) is 0 Å². The third-order valence-electron chi connectivity index (χ3n) is 6.64. The average Bonchev–Trinajstić information content (AvgIpc) is 3.41. The van der Waals surface area contributed by atoms with E-state index in [1.54, 1.807) is 30.3 Å². The Labute approximate surface area is 246 Å². The van der Waals surface area contributed by atoms with E-state index in [0.29, 0.717) is 24.7 Å². The minimum Gasteiger partial charge on any atom is -0.494 e. The molecule has 4 aromatic carbocycles. The summed E-state index contributed by atoms with van der Waals surface area (Å²) in [5, 5.41) is 12.9. The molecule has 0 saturated heterocycles. The first kappa shape index (κ1) is 28.0. The second-order valence-electron chi connectivity index (χ2n) is 9.41. The summed E-state index contributed by atoms with van der Waals surface area (Å²) >= 11 is 0. The summed E-state index contributed by atoms with van der Waals surface area (Å²) in [5.41, 5.74) is 5.97. The molecule has 0 bridgehead atoms. The highest BCUT2D eigenvalue weighted by molar-refractivity contribution is 6.10. The van der Waals surface area contributed by atoms with Crippen molar-refractivity contribution >= 4 is 17.7 Å². The molecule has 0 atom stereocenters. The molecule has 0 aliphatic rings. The Kier molecular flexibility index (Phi) is 8.81. The molecule has 5 rings (SSSR count). The van der Waals surface area contributed by atoms with E-state index >= 15 is 0 Å². The Morgan fingerprint density at radius 2 is 1.33 bits per heavy atom. The number of hydrogen-bond donors (Lipinski definition) is 1. The van der Waals surface area contributed by atoms with Gasteiger partial charge in [0.05, 0.1) is 24.6 Å². The molecule has 42 heavy (non-hydrogen) atoms. The van der Waals surface area contributed by atoms with Gasteiger partial charge < -0.3 is 19.4 Å². The third kappa shape index (κ3) is 6.27. The highest BCUT2D eigenvalue weighted by atomic mass is 16.5. The molecule has 0 saturated carbocycles. The van der Waals surface area contributed by atoms with E-state index in [2.05, 4.69) is 16.0 Å². The van der Waals surface area contributed by atoms with E-state index in [-0.39, 0.29) is 5.57 Å². The summed E-state index contributed by atoms with van der Waals surface area (Å²) in [6.07, 6.45) is 1.66. The van der Waals surface area contributed by atoms with Crippen LogP contribution in [0.4, 0.5) is 5.69 Å². The van der Waals surface area contributed by atoms with E-state index in [9.17, 15) is 10.1 Å². The quantitative estimate of drug-likeness (QED) is 0.140. The van der Waals surface area contributed by atoms with Crippen LogP contribution in [0.15, 0.2) is 121 Å². The van der Waals surface area contributed by atoms with Crippen molar-refractivity contribution in [3.8, 4) is 45.8 Å². The lowest BCUT2D eigenvalue weighted by Gasteiger charge is -2.16. The zero-order valence-electron chi connectivity index (χ0n) is 23.6. The topological polar surface area (TPSA) is 76.3 Å². The van der Waals surface area contributed by atoms with Gasteiger partial charge in [0.2, 0.25) is 0 Å². The summed E-state index contributed by atoms with van der Waals surface area (Å²) < 4.78 is 13.3. The van der Waals surface area contributed by atoms with Crippen molar-refractivity contribution in [2.45, 2.75) is 13.8 Å². The van der Waals surface area contributed by atoms with Crippen LogP contribution in [0, 0.1) is 11.3 Å². The van der Waals surface area contributed by atoms with E-state index < -0.39 is 5.91 Å². The molecule has 6 nitrogen and oxygen atoms in total. The molecule has 0 aliphatic carbocycles. The monoisotopic (exact) mass is 553 g/mol. The van der Waals surface area contributed by atoms with Gasteiger partial charge in [0, 0.05) is 16.9 Å². The number of benzene rings is 4. The van der Waals surface area contributed by atoms with Gasteiger partial charge in [-0.2, -0.15) is 5.26 Å². The average molecular weight is 554 g/mol. The van der Waals surface area contributed by atoms with Crippen molar-refractivity contribution in [2.75, 3.05) is 18.5 Å². The van der Waals surface area contributed by atoms with Gasteiger partial charge >= 0.3 is 0 Å². The minimum absolute atomic E-state index is 0.00970. The second kappa shape index (κ2) is 13.2. The highest BCUT2D eigenvalue weighted by Gasteiger charge is 2.20. The summed E-state index contributed by atoms with van der Waals surface area (Å²) in [7, 11) is 0. The van der Waals surface area contributed by atoms with Crippen LogP contribution in [0.2, 0.25) is 0 Å². The predicted octanol–water partition coefficient (Wildman–Crippen LogP) is 8.15. The molecule has 1 N–H and O–H groups in total. The van der Waals surface area contributed by atoms with Crippen LogP contribution >= 0.6 is 0 Å². The van der Waals surface area contributed by atoms with Gasteiger partial charge in [0.15, 0.2) is 0 Å². The van der Waals surface area contributed by atoms with Gasteiger partial charge in [-0.1, -0.05) is 60.7 Å². The van der Waals surface area contributed by atoms with Crippen molar-refractivity contribution in [2.24, 2.45) is 0 Å². The van der Waals surface area contributed by atoms with Crippen LogP contribution < -0.4 is 14.8 Å². The second-order valence-corrected chi connectivity index (χ2v) is 9.41. The summed E-state index contributed by atoms with van der Waals surface area (Å²) in [6.45, 7) is 5.00. The lowest BCUT2D eigenvalue weighted by molar-refractivity contribution is -0.112. The van der Waals surface area contributed by atoms with Gasteiger partial charge in [-0.25, -0.2) is 0 Å². The summed E-state index contributed by atoms with van der Waals surface area (Å²) in [4.78, 5) is 13.3. The van der Waals surface area contributed by atoms with Crippen molar-refractivity contribution in [3.05, 3.63) is 126 Å². The number of aromatic nitrogens is 1. The van der Waals surface area contributed by atoms with Gasteiger partial charge in [0.25, 0.3) is 5.91 Å². The fourth-order valence-corrected chi connectivity index (χ4v) is 4.78. The Morgan fingerprint density at radius 1 is 0.786 bits per heavy atom. The molecule has 0 spiro atoms. The number of carbonyl (C=O) groups excluding carboxylic acids is 1. The van der Waals surface area contributed by atoms with Gasteiger partial charge in [-0.05, 0) is 85.6 Å². The maximum atomic E-state index is 13.3. The summed E-state index contributed by atoms with van der Waals surface area (Å²) in [5.74, 6) is 1.01. The molecule has 5 aromatic rings. The van der Waals surface area contributed by atoms with Crippen molar-refractivity contribution in [3.63, 3.8) is 0 Å². The van der Waals surface area contributed by atoms with Crippen LogP contribution in [-0.2, 0) is 4.79 Å². The number of rotatable bonds is 10. The normalized spacial score (nSPS) is 11.0. The Morgan fingerprint density at radius 3 is 1.88 bits per heavy atom. The molecule has 1 aromatic heterocycles. The van der Waals surface area contributed by atoms with Crippen molar-refractivity contribution < 1.29 is 14.3 Å². The SMILES string of the molecule is CCOc1ccc(NC(=O)/C(C#N)=C/c2cc(-c3ccccc3)n(-c3ccc(OCC)cc3)c2-c2ccccc2)cc1. The molecule has 0 unspecified atom stereocenters. The number of hydrogen-bond acceptors (Lipinski definition) is 4. The van der Waals surface area contributed by atoms with Crippen LogP contribution in [0.25, 0.3) is 34.3 Å². The Balaban J connectivity index is 1.64. The maximum Gasteiger partial charge on any atom is 0.266 e. The fourth-order valence-electron chi connectivity index (χ4n) is 4.78. The standard InChI is InChI=1S/C36H31N3O3/c1-3-41-32-19-15-30(16-20-32)38-36(40)29(25-37)23-28-24-34(26-11-7-5-8-12-26)39(35(28)27-13-9-6-10-14-27)31-17-21-33(22-18-31)42-4-2/h5-24H,3-4H2,1-2H3,(H,38,40)/b29-23+. The lowest BCUT2D eigenvalue weighted by Crippen LogP contribution is -2.13. The molecular formula is C36H31N3O3. The van der Waals surface area contributed by atoms with Gasteiger partial charge in [-0.15, -0.1) is 0 Å². The number of ether oxygens (including phenoxy) is 2. The molecule has 0 radical (unpaired) electrons. The molecule has 1 heterocycles. The van der Waals surface area contributed by atoms with Crippen molar-refractivity contribution in [1.29, 1.82) is 5.26 Å². The smallest absolute Gasteiger partial charge is 0.266 e. The molecule has 0 fully saturated rings. The van der Waals surface area contributed by atoms with E-state index in [0.717, 1.165) is 39.5 Å². The predicted molar refractivity (Wildman–Crippen MR) is 168 cm³/mol.